The Morgan fingerprint density at radius 2 is 1.16 bits per heavy atom. The van der Waals surface area contributed by atoms with Crippen LogP contribution in [0.5, 0.6) is 0 Å². The summed E-state index contributed by atoms with van der Waals surface area (Å²) >= 11 is 0. The van der Waals surface area contributed by atoms with E-state index in [0.717, 1.165) is 51.4 Å². The van der Waals surface area contributed by atoms with Crippen molar-refractivity contribution in [3.05, 3.63) is 24.3 Å². The van der Waals surface area contributed by atoms with Gasteiger partial charge in [-0.1, -0.05) is 173 Å². The van der Waals surface area contributed by atoms with Gasteiger partial charge in [0.05, 0.1) is 25.4 Å². The summed E-state index contributed by atoms with van der Waals surface area (Å²) in [5.74, 6) is -0.713. The predicted octanol–water partition coefficient (Wildman–Crippen LogP) is 7.52. The number of rotatable bonds is 38. The van der Waals surface area contributed by atoms with Crippen LogP contribution >= 0.6 is 0 Å². The van der Waals surface area contributed by atoms with E-state index in [1.807, 2.05) is 6.08 Å². The van der Waals surface area contributed by atoms with Gasteiger partial charge in [0, 0.05) is 0 Å². The van der Waals surface area contributed by atoms with Crippen LogP contribution in [0.4, 0.5) is 0 Å². The smallest absolute Gasteiger partial charge is 0.394 e. The van der Waals surface area contributed by atoms with Crippen LogP contribution in [0.1, 0.15) is 187 Å². The molecule has 8 atom stereocenters. The number of hydrogen-bond donors (Lipinski definition) is 7. The molecule has 14 heteroatoms. The SMILES string of the molecule is CCCC/C=C\CCCCCCC(O)C(=O)NC(COC1OC(CO)C(O)C(OS(=O)(=O)O)C1O)C(O)/C=C/CCCCCCCCCCCCCCCCCCC. The Morgan fingerprint density at radius 1 is 0.690 bits per heavy atom. The topological polar surface area (TPSA) is 212 Å². The minimum absolute atomic E-state index is 0.228. The van der Waals surface area contributed by atoms with Gasteiger partial charge in [0.25, 0.3) is 0 Å². The van der Waals surface area contributed by atoms with Gasteiger partial charge in [-0.3, -0.25) is 9.35 Å². The fraction of sp³-hybridized carbons (Fsp3) is 0.886. The maximum Gasteiger partial charge on any atom is 0.397 e. The number of unbranched alkanes of at least 4 members (excludes halogenated alkanes) is 23. The van der Waals surface area contributed by atoms with Gasteiger partial charge < -0.3 is 40.3 Å². The summed E-state index contributed by atoms with van der Waals surface area (Å²) in [7, 11) is -5.12. The van der Waals surface area contributed by atoms with Crippen molar-refractivity contribution in [2.45, 2.75) is 236 Å². The van der Waals surface area contributed by atoms with E-state index >= 15 is 0 Å². The highest BCUT2D eigenvalue weighted by molar-refractivity contribution is 7.80. The van der Waals surface area contributed by atoms with Crippen LogP contribution in [0.15, 0.2) is 24.3 Å². The van der Waals surface area contributed by atoms with Crippen molar-refractivity contribution in [2.75, 3.05) is 13.2 Å². The number of aliphatic hydroxyl groups is 5. The van der Waals surface area contributed by atoms with E-state index in [-0.39, 0.29) is 6.42 Å². The van der Waals surface area contributed by atoms with E-state index in [2.05, 4.69) is 35.5 Å². The van der Waals surface area contributed by atoms with Gasteiger partial charge in [-0.05, 0) is 38.5 Å². The van der Waals surface area contributed by atoms with E-state index < -0.39 is 78.5 Å². The second kappa shape index (κ2) is 35.2. The molecular weight excluding hydrogens is 767 g/mol. The van der Waals surface area contributed by atoms with Crippen LogP contribution in [0.3, 0.4) is 0 Å². The molecule has 0 aliphatic carbocycles. The molecule has 342 valence electrons. The van der Waals surface area contributed by atoms with Crippen molar-refractivity contribution in [3.63, 3.8) is 0 Å². The quantitative estimate of drug-likeness (QED) is 0.0183. The van der Waals surface area contributed by atoms with Gasteiger partial charge in [-0.15, -0.1) is 0 Å². The molecule has 1 saturated heterocycles. The molecule has 0 aromatic heterocycles. The second-order valence-corrected chi connectivity index (χ2v) is 17.2. The molecule has 1 aliphatic heterocycles. The van der Waals surface area contributed by atoms with Crippen molar-refractivity contribution in [2.24, 2.45) is 0 Å². The van der Waals surface area contributed by atoms with Crippen molar-refractivity contribution >= 4 is 16.3 Å². The minimum Gasteiger partial charge on any atom is -0.394 e. The molecule has 0 radical (unpaired) electrons. The normalized spacial score (nSPS) is 21.8. The molecule has 1 fully saturated rings. The molecule has 1 amide bonds. The van der Waals surface area contributed by atoms with Crippen molar-refractivity contribution in [1.29, 1.82) is 0 Å². The Hall–Kier alpha value is -1.46. The number of allylic oxidation sites excluding steroid dienone is 3. The monoisotopic (exact) mass is 850 g/mol. The predicted molar refractivity (Wildman–Crippen MR) is 228 cm³/mol. The number of hydrogen-bond acceptors (Lipinski definition) is 11. The zero-order valence-corrected chi connectivity index (χ0v) is 36.8. The third-order valence-electron chi connectivity index (χ3n) is 10.8. The lowest BCUT2D eigenvalue weighted by Crippen LogP contribution is -2.61. The highest BCUT2D eigenvalue weighted by Gasteiger charge is 2.48. The lowest BCUT2D eigenvalue weighted by molar-refractivity contribution is -0.298. The molecule has 0 saturated carbocycles. The van der Waals surface area contributed by atoms with Crippen LogP contribution in [0.2, 0.25) is 0 Å². The Morgan fingerprint density at radius 3 is 1.66 bits per heavy atom. The van der Waals surface area contributed by atoms with Crippen LogP contribution in [0.25, 0.3) is 0 Å². The van der Waals surface area contributed by atoms with Crippen molar-refractivity contribution < 1.29 is 57.0 Å². The fourth-order valence-electron chi connectivity index (χ4n) is 7.15. The molecule has 58 heavy (non-hydrogen) atoms. The number of amides is 1. The van der Waals surface area contributed by atoms with Crippen molar-refractivity contribution in [1.82, 2.24) is 5.32 Å². The van der Waals surface area contributed by atoms with Gasteiger partial charge in [0.1, 0.15) is 30.5 Å². The highest BCUT2D eigenvalue weighted by Crippen LogP contribution is 2.26. The molecule has 0 aromatic carbocycles. The fourth-order valence-corrected chi connectivity index (χ4v) is 7.66. The average molecular weight is 850 g/mol. The summed E-state index contributed by atoms with van der Waals surface area (Å²) in [5.41, 5.74) is 0. The molecule has 1 rings (SSSR count). The lowest BCUT2D eigenvalue weighted by atomic mass is 9.99. The third kappa shape index (κ3) is 27.4. The molecule has 7 N–H and O–H groups in total. The largest absolute Gasteiger partial charge is 0.397 e. The Kier molecular flexibility index (Phi) is 33.1. The first-order valence-electron chi connectivity index (χ1n) is 22.8. The Balaban J connectivity index is 2.58. The van der Waals surface area contributed by atoms with E-state index in [4.69, 9.17) is 14.0 Å². The van der Waals surface area contributed by atoms with Crippen LogP contribution in [0, 0.1) is 0 Å². The van der Waals surface area contributed by atoms with E-state index in [1.165, 1.54) is 109 Å². The number of carbonyl (C=O) groups is 1. The standard InChI is InChI=1S/C44H83NO12S/c1-3-5-7-9-11-13-15-16-17-18-19-20-21-22-23-25-26-28-30-32-37(47)36(45-43(51)38(48)33-31-29-27-24-14-12-10-8-6-4-2)35-55-44-41(50)42(57-58(52,53)54)40(49)39(34-46)56-44/h10,12,30,32,36-42,44,46-50H,3-9,11,13-29,31,33-35H2,1-2H3,(H,45,51)(H,52,53,54)/b12-10-,32-30+. The average Bonchev–Trinajstić information content (AvgIpc) is 3.19. The van der Waals surface area contributed by atoms with Gasteiger partial charge in [-0.2, -0.15) is 8.42 Å². The summed E-state index contributed by atoms with van der Waals surface area (Å²) in [6, 6.07) is -1.12. The Bertz CT molecular complexity index is 1160. The van der Waals surface area contributed by atoms with Crippen LogP contribution in [-0.4, -0.2) is 107 Å². The summed E-state index contributed by atoms with van der Waals surface area (Å²) in [5, 5.41) is 55.1. The number of carbonyl (C=O) groups excluding carboxylic acids is 1. The molecule has 0 bridgehead atoms. The molecule has 0 aromatic rings. The molecule has 1 aliphatic rings. The summed E-state index contributed by atoms with van der Waals surface area (Å²) in [4.78, 5) is 13.0. The zero-order chi connectivity index (χ0) is 42.9. The van der Waals surface area contributed by atoms with Gasteiger partial charge in [0.2, 0.25) is 5.91 Å². The van der Waals surface area contributed by atoms with E-state index in [0.29, 0.717) is 12.8 Å². The van der Waals surface area contributed by atoms with E-state index in [9.17, 15) is 38.7 Å². The van der Waals surface area contributed by atoms with E-state index in [1.54, 1.807) is 0 Å². The first-order valence-corrected chi connectivity index (χ1v) is 24.2. The van der Waals surface area contributed by atoms with Gasteiger partial charge in [-0.25, -0.2) is 4.18 Å². The highest BCUT2D eigenvalue weighted by atomic mass is 32.3. The molecule has 8 unspecified atom stereocenters. The molecule has 0 spiro atoms. The zero-order valence-electron chi connectivity index (χ0n) is 36.0. The maximum absolute atomic E-state index is 13.0. The molecule has 13 nitrogen and oxygen atoms in total. The van der Waals surface area contributed by atoms with Crippen LogP contribution < -0.4 is 5.32 Å². The maximum atomic E-state index is 13.0. The minimum atomic E-state index is -5.12. The Labute approximate surface area is 351 Å². The summed E-state index contributed by atoms with van der Waals surface area (Å²) in [6.45, 7) is 3.16. The van der Waals surface area contributed by atoms with Crippen molar-refractivity contribution in [3.8, 4) is 0 Å². The molecule has 1 heterocycles. The van der Waals surface area contributed by atoms with Crippen LogP contribution in [-0.2, 0) is 28.9 Å². The first kappa shape index (κ1) is 54.6. The van der Waals surface area contributed by atoms with Gasteiger partial charge in [0.15, 0.2) is 6.29 Å². The summed E-state index contributed by atoms with van der Waals surface area (Å²) in [6.07, 6.45) is 27.0. The second-order valence-electron chi connectivity index (χ2n) is 16.1. The number of aliphatic hydroxyl groups excluding tert-OH is 5. The van der Waals surface area contributed by atoms with Gasteiger partial charge >= 0.3 is 10.4 Å². The first-order chi connectivity index (χ1) is 27.9. The third-order valence-corrected chi connectivity index (χ3v) is 11.3. The number of ether oxygens (including phenoxy) is 2. The number of nitrogens with one attached hydrogen (secondary N) is 1. The lowest BCUT2D eigenvalue weighted by Gasteiger charge is -2.41. The molecular formula is C44H83NO12S. The summed E-state index contributed by atoms with van der Waals surface area (Å²) < 4.78 is 47.4.